The Morgan fingerprint density at radius 3 is 2.88 bits per heavy atom. The fourth-order valence-corrected chi connectivity index (χ4v) is 3.22. The molecule has 0 unspecified atom stereocenters. The number of fused-ring (bicyclic) bond motifs is 1. The molecule has 1 aliphatic carbocycles. The average Bonchev–Trinajstić information content (AvgIpc) is 2.60. The number of methoxy groups -OCH3 is 1. The standard InChI is InChI=1S/C18H22N2O4/c1-11-5-3-4-6-15(11)24-10-16-19-14-9-12(18(22)23-2)7-8-13(14)17(21)20-16/h7-9,11,15H,3-6,10H2,1-2H3,(H,19,20,21)/t11-,15+/m1/s1. The average molecular weight is 330 g/mol. The van der Waals surface area contributed by atoms with Crippen molar-refractivity contribution < 1.29 is 14.3 Å². The molecule has 0 aliphatic heterocycles. The summed E-state index contributed by atoms with van der Waals surface area (Å²) in [5, 5.41) is 0.442. The highest BCUT2D eigenvalue weighted by molar-refractivity contribution is 5.93. The number of esters is 1. The van der Waals surface area contributed by atoms with Crippen molar-refractivity contribution in [1.82, 2.24) is 9.97 Å². The molecule has 6 nitrogen and oxygen atoms in total. The van der Waals surface area contributed by atoms with Crippen LogP contribution >= 0.6 is 0 Å². The van der Waals surface area contributed by atoms with Gasteiger partial charge in [-0.15, -0.1) is 0 Å². The van der Waals surface area contributed by atoms with E-state index in [0.29, 0.717) is 28.2 Å². The molecule has 0 saturated heterocycles. The van der Waals surface area contributed by atoms with Crippen LogP contribution in [0.5, 0.6) is 0 Å². The van der Waals surface area contributed by atoms with Gasteiger partial charge in [0.1, 0.15) is 12.4 Å². The molecule has 128 valence electrons. The summed E-state index contributed by atoms with van der Waals surface area (Å²) in [6.45, 7) is 2.46. The first-order valence-electron chi connectivity index (χ1n) is 8.31. The van der Waals surface area contributed by atoms with Crippen LogP contribution in [0, 0.1) is 5.92 Å². The highest BCUT2D eigenvalue weighted by atomic mass is 16.5. The third-order valence-corrected chi connectivity index (χ3v) is 4.64. The number of aromatic amines is 1. The fourth-order valence-electron chi connectivity index (χ4n) is 3.22. The lowest BCUT2D eigenvalue weighted by atomic mass is 9.88. The summed E-state index contributed by atoms with van der Waals surface area (Å²) in [5.41, 5.74) is 0.611. The van der Waals surface area contributed by atoms with E-state index < -0.39 is 5.97 Å². The second-order valence-electron chi connectivity index (χ2n) is 6.35. The Bertz CT molecular complexity index is 799. The molecule has 1 fully saturated rings. The molecule has 1 aliphatic rings. The predicted molar refractivity (Wildman–Crippen MR) is 89.9 cm³/mol. The van der Waals surface area contributed by atoms with Crippen molar-refractivity contribution in [1.29, 1.82) is 0 Å². The van der Waals surface area contributed by atoms with Gasteiger partial charge in [-0.3, -0.25) is 4.79 Å². The SMILES string of the molecule is COC(=O)c1ccc2c(=O)[nH]c(CO[C@H]3CCCC[C@H]3C)nc2c1. The zero-order chi connectivity index (χ0) is 17.1. The van der Waals surface area contributed by atoms with E-state index in [4.69, 9.17) is 9.47 Å². The van der Waals surface area contributed by atoms with Crippen LogP contribution < -0.4 is 5.56 Å². The van der Waals surface area contributed by atoms with E-state index in [0.717, 1.165) is 6.42 Å². The molecule has 0 bridgehead atoms. The number of nitrogens with one attached hydrogen (secondary N) is 1. The van der Waals surface area contributed by atoms with Gasteiger partial charge in [0.2, 0.25) is 0 Å². The van der Waals surface area contributed by atoms with E-state index in [9.17, 15) is 9.59 Å². The van der Waals surface area contributed by atoms with E-state index in [1.165, 1.54) is 26.4 Å². The van der Waals surface area contributed by atoms with Gasteiger partial charge in [0.15, 0.2) is 0 Å². The number of carbonyl (C=O) groups excluding carboxylic acids is 1. The van der Waals surface area contributed by atoms with Crippen molar-refractivity contribution in [2.75, 3.05) is 7.11 Å². The number of benzene rings is 1. The summed E-state index contributed by atoms with van der Waals surface area (Å²) in [5.74, 6) is 0.553. The summed E-state index contributed by atoms with van der Waals surface area (Å²) in [4.78, 5) is 31.0. The van der Waals surface area contributed by atoms with E-state index >= 15 is 0 Å². The Morgan fingerprint density at radius 1 is 1.33 bits per heavy atom. The first kappa shape index (κ1) is 16.6. The van der Waals surface area contributed by atoms with Crippen LogP contribution in [0.1, 0.15) is 48.8 Å². The predicted octanol–water partition coefficient (Wildman–Crippen LogP) is 2.81. The maximum absolute atomic E-state index is 12.2. The molecule has 1 heterocycles. The third kappa shape index (κ3) is 3.48. The summed E-state index contributed by atoms with van der Waals surface area (Å²) in [7, 11) is 1.32. The van der Waals surface area contributed by atoms with Gasteiger partial charge in [-0.05, 0) is 37.0 Å². The van der Waals surface area contributed by atoms with Gasteiger partial charge in [-0.1, -0.05) is 19.8 Å². The van der Waals surface area contributed by atoms with Crippen LogP contribution in [0.2, 0.25) is 0 Å². The Kier molecular flexibility index (Phi) is 4.94. The number of aromatic nitrogens is 2. The lowest BCUT2D eigenvalue weighted by Gasteiger charge is -2.28. The normalized spacial score (nSPS) is 20.9. The van der Waals surface area contributed by atoms with Crippen LogP contribution in [0.25, 0.3) is 10.9 Å². The molecule has 1 aromatic heterocycles. The molecule has 0 spiro atoms. The molecule has 1 saturated carbocycles. The second-order valence-corrected chi connectivity index (χ2v) is 6.35. The molecule has 1 aromatic carbocycles. The molecule has 0 radical (unpaired) electrons. The molecule has 2 atom stereocenters. The van der Waals surface area contributed by atoms with E-state index in [-0.39, 0.29) is 18.3 Å². The minimum absolute atomic E-state index is 0.209. The van der Waals surface area contributed by atoms with E-state index in [2.05, 4.69) is 16.9 Å². The van der Waals surface area contributed by atoms with E-state index in [1.807, 2.05) is 0 Å². The third-order valence-electron chi connectivity index (χ3n) is 4.64. The first-order chi connectivity index (χ1) is 11.6. The molecular weight excluding hydrogens is 308 g/mol. The molecule has 3 rings (SSSR count). The van der Waals surface area contributed by atoms with Crippen LogP contribution in [0.3, 0.4) is 0 Å². The Morgan fingerprint density at radius 2 is 2.12 bits per heavy atom. The highest BCUT2D eigenvalue weighted by Gasteiger charge is 2.22. The van der Waals surface area contributed by atoms with Gasteiger partial charge in [0.05, 0.1) is 29.7 Å². The van der Waals surface area contributed by atoms with Crippen LogP contribution in [-0.2, 0) is 16.1 Å². The van der Waals surface area contributed by atoms with Gasteiger partial charge in [-0.25, -0.2) is 9.78 Å². The van der Waals surface area contributed by atoms with Crippen molar-refractivity contribution in [3.8, 4) is 0 Å². The molecule has 2 aromatic rings. The maximum atomic E-state index is 12.2. The van der Waals surface area contributed by atoms with Crippen molar-refractivity contribution in [3.05, 3.63) is 39.9 Å². The van der Waals surface area contributed by atoms with Crippen molar-refractivity contribution in [3.63, 3.8) is 0 Å². The van der Waals surface area contributed by atoms with Crippen LogP contribution in [-0.4, -0.2) is 29.2 Å². The first-order valence-corrected chi connectivity index (χ1v) is 8.31. The van der Waals surface area contributed by atoms with Gasteiger partial charge in [0.25, 0.3) is 5.56 Å². The van der Waals surface area contributed by atoms with E-state index in [1.54, 1.807) is 18.2 Å². The number of nitrogens with zero attached hydrogens (tertiary/aromatic N) is 1. The zero-order valence-corrected chi connectivity index (χ0v) is 14.0. The van der Waals surface area contributed by atoms with Crippen LogP contribution in [0.15, 0.2) is 23.0 Å². The van der Waals surface area contributed by atoms with Gasteiger partial charge in [0, 0.05) is 0 Å². The number of rotatable bonds is 4. The lowest BCUT2D eigenvalue weighted by Crippen LogP contribution is -2.26. The lowest BCUT2D eigenvalue weighted by molar-refractivity contribution is -0.0181. The van der Waals surface area contributed by atoms with Crippen molar-refractivity contribution in [2.45, 2.75) is 45.3 Å². The monoisotopic (exact) mass is 330 g/mol. The summed E-state index contributed by atoms with van der Waals surface area (Å²) in [6, 6.07) is 4.72. The molecule has 0 amide bonds. The Hall–Kier alpha value is -2.21. The molecule has 6 heteroatoms. The minimum Gasteiger partial charge on any atom is -0.465 e. The second kappa shape index (κ2) is 7.13. The molecular formula is C18H22N2O4. The zero-order valence-electron chi connectivity index (χ0n) is 14.0. The summed E-state index contributed by atoms with van der Waals surface area (Å²) in [6.07, 6.45) is 4.86. The van der Waals surface area contributed by atoms with Gasteiger partial charge >= 0.3 is 5.97 Å². The number of hydrogen-bond acceptors (Lipinski definition) is 5. The topological polar surface area (TPSA) is 81.3 Å². The Labute approximate surface area is 140 Å². The minimum atomic E-state index is -0.451. The van der Waals surface area contributed by atoms with Crippen molar-refractivity contribution >= 4 is 16.9 Å². The maximum Gasteiger partial charge on any atom is 0.337 e. The summed E-state index contributed by atoms with van der Waals surface area (Å²) >= 11 is 0. The van der Waals surface area contributed by atoms with Crippen molar-refractivity contribution in [2.24, 2.45) is 5.92 Å². The number of carbonyl (C=O) groups is 1. The quantitative estimate of drug-likeness (QED) is 0.872. The number of ether oxygens (including phenoxy) is 2. The highest BCUT2D eigenvalue weighted by Crippen LogP contribution is 2.26. The largest absolute Gasteiger partial charge is 0.465 e. The Balaban J connectivity index is 1.83. The summed E-state index contributed by atoms with van der Waals surface area (Å²) < 4.78 is 10.7. The van der Waals surface area contributed by atoms with Gasteiger partial charge < -0.3 is 14.5 Å². The van der Waals surface area contributed by atoms with Gasteiger partial charge in [-0.2, -0.15) is 0 Å². The number of hydrogen-bond donors (Lipinski definition) is 1. The molecule has 24 heavy (non-hydrogen) atoms. The van der Waals surface area contributed by atoms with Crippen LogP contribution in [0.4, 0.5) is 0 Å². The smallest absolute Gasteiger partial charge is 0.337 e. The fraction of sp³-hybridized carbons (Fsp3) is 0.500. The number of H-pyrrole nitrogens is 1. The molecule has 1 N–H and O–H groups in total.